The molecule has 2 aromatic rings. The zero-order chi connectivity index (χ0) is 22.8. The first-order chi connectivity index (χ1) is 15.6. The Labute approximate surface area is 189 Å². The van der Waals surface area contributed by atoms with Gasteiger partial charge in [0, 0.05) is 18.7 Å². The van der Waals surface area contributed by atoms with Crippen molar-refractivity contribution in [1.29, 1.82) is 0 Å². The number of urea groups is 1. The molecule has 0 bridgehead atoms. The van der Waals surface area contributed by atoms with E-state index in [0.717, 1.165) is 17.5 Å². The average Bonchev–Trinajstić information content (AvgIpc) is 3.17. The lowest BCUT2D eigenvalue weighted by atomic mass is 9.91. The summed E-state index contributed by atoms with van der Waals surface area (Å²) >= 11 is 0. The fraction of sp³-hybridized carbons (Fsp3) is 0.385. The monoisotopic (exact) mass is 438 g/mol. The number of hydrogen-bond donors (Lipinski definition) is 2. The summed E-state index contributed by atoms with van der Waals surface area (Å²) in [5, 5.41) is 5.74. The van der Waals surface area contributed by atoms with Gasteiger partial charge in [-0.05, 0) is 60.8 Å². The minimum atomic E-state index is -0.861. The van der Waals surface area contributed by atoms with Crippen molar-refractivity contribution in [2.75, 3.05) is 19.0 Å². The maximum absolute atomic E-state index is 14.3. The average molecular weight is 439 g/mol. The van der Waals surface area contributed by atoms with E-state index in [-0.39, 0.29) is 23.8 Å². The van der Waals surface area contributed by atoms with Crippen LogP contribution in [0.15, 0.2) is 66.7 Å². The molecule has 3 atom stereocenters. The first-order valence-electron chi connectivity index (χ1n) is 11.1. The van der Waals surface area contributed by atoms with Crippen LogP contribution in [0.25, 0.3) is 11.1 Å². The molecule has 6 heteroatoms. The molecular weight excluding hydrogens is 407 g/mol. The van der Waals surface area contributed by atoms with Gasteiger partial charge in [0.25, 0.3) is 0 Å². The van der Waals surface area contributed by atoms with Gasteiger partial charge in [-0.15, -0.1) is 0 Å². The van der Waals surface area contributed by atoms with E-state index in [9.17, 15) is 14.0 Å². The van der Waals surface area contributed by atoms with E-state index in [1.165, 1.54) is 7.11 Å². The summed E-state index contributed by atoms with van der Waals surface area (Å²) < 4.78 is 19.0. The molecule has 2 N–H and O–H groups in total. The molecule has 1 aliphatic carbocycles. The van der Waals surface area contributed by atoms with Crippen LogP contribution in [0.3, 0.4) is 0 Å². The second-order valence-electron chi connectivity index (χ2n) is 8.12. The molecule has 1 aliphatic rings. The minimum absolute atomic E-state index is 0.0986. The fourth-order valence-electron chi connectivity index (χ4n) is 4.14. The van der Waals surface area contributed by atoms with Gasteiger partial charge in [-0.25, -0.2) is 9.18 Å². The van der Waals surface area contributed by atoms with Crippen molar-refractivity contribution in [2.45, 2.75) is 38.3 Å². The Bertz CT molecular complexity index is 899. The Balaban J connectivity index is 1.44. The van der Waals surface area contributed by atoms with Gasteiger partial charge < -0.3 is 15.4 Å². The van der Waals surface area contributed by atoms with Gasteiger partial charge in [0.15, 0.2) is 0 Å². The largest absolute Gasteiger partial charge is 0.469 e. The van der Waals surface area contributed by atoms with Crippen LogP contribution >= 0.6 is 0 Å². The molecule has 0 heterocycles. The number of ether oxygens (including phenoxy) is 1. The molecule has 0 unspecified atom stereocenters. The van der Waals surface area contributed by atoms with Crippen molar-refractivity contribution >= 4 is 17.7 Å². The van der Waals surface area contributed by atoms with Crippen LogP contribution in [0.5, 0.6) is 0 Å². The lowest BCUT2D eigenvalue weighted by Crippen LogP contribution is -2.35. The number of alkyl halides is 1. The van der Waals surface area contributed by atoms with Crippen molar-refractivity contribution in [3.05, 3.63) is 66.7 Å². The topological polar surface area (TPSA) is 67.4 Å². The maximum Gasteiger partial charge on any atom is 0.319 e. The van der Waals surface area contributed by atoms with Crippen LogP contribution < -0.4 is 10.6 Å². The lowest BCUT2D eigenvalue weighted by molar-refractivity contribution is -0.140. The predicted octanol–water partition coefficient (Wildman–Crippen LogP) is 5.74. The van der Waals surface area contributed by atoms with Crippen LogP contribution in [0.1, 0.15) is 32.1 Å². The first kappa shape index (κ1) is 23.5. The Morgan fingerprint density at radius 2 is 1.75 bits per heavy atom. The molecule has 1 fully saturated rings. The van der Waals surface area contributed by atoms with Gasteiger partial charge in [0.1, 0.15) is 6.17 Å². The second kappa shape index (κ2) is 12.0. The highest BCUT2D eigenvalue weighted by Crippen LogP contribution is 2.36. The Morgan fingerprint density at radius 1 is 1.03 bits per heavy atom. The van der Waals surface area contributed by atoms with Gasteiger partial charge in [-0.3, -0.25) is 4.79 Å². The van der Waals surface area contributed by atoms with Crippen LogP contribution in [0.4, 0.5) is 14.9 Å². The van der Waals surface area contributed by atoms with Gasteiger partial charge in [-0.1, -0.05) is 54.6 Å². The maximum atomic E-state index is 14.3. The summed E-state index contributed by atoms with van der Waals surface area (Å²) in [6.45, 7) is 0.440. The highest BCUT2D eigenvalue weighted by atomic mass is 19.1. The number of anilines is 1. The number of hydrogen-bond acceptors (Lipinski definition) is 3. The molecule has 0 saturated heterocycles. The zero-order valence-corrected chi connectivity index (χ0v) is 18.4. The second-order valence-corrected chi connectivity index (χ2v) is 8.12. The highest BCUT2D eigenvalue weighted by Gasteiger charge is 2.35. The number of carbonyl (C=O) groups is 2. The molecule has 0 aliphatic heterocycles. The van der Waals surface area contributed by atoms with Crippen LogP contribution in [0, 0.1) is 11.8 Å². The third-order valence-electron chi connectivity index (χ3n) is 5.98. The third kappa shape index (κ3) is 6.94. The zero-order valence-electron chi connectivity index (χ0n) is 18.4. The van der Waals surface area contributed by atoms with E-state index >= 15 is 0 Å². The standard InChI is InChI=1S/C26H31FN2O3/c1-32-25(30)11-7-3-6-10-23-21(14-17-24(23)27)18-28-26(31)29-22-15-12-20(13-16-22)19-8-4-2-5-9-19/h2-6,8-9,12-13,15-16,21,23-24H,7,10-11,14,17-18H2,1H3,(H2,28,29,31)/b6-3-/t21-,23-,24-/m1/s1. The van der Waals surface area contributed by atoms with Crippen LogP contribution in [0.2, 0.25) is 0 Å². The van der Waals surface area contributed by atoms with Crippen molar-refractivity contribution in [1.82, 2.24) is 5.32 Å². The van der Waals surface area contributed by atoms with Crippen molar-refractivity contribution in [2.24, 2.45) is 11.8 Å². The molecule has 32 heavy (non-hydrogen) atoms. The van der Waals surface area contributed by atoms with E-state index in [0.29, 0.717) is 37.9 Å². The number of rotatable bonds is 9. The number of allylic oxidation sites excluding steroid dienone is 2. The summed E-state index contributed by atoms with van der Waals surface area (Å²) in [6, 6.07) is 17.4. The number of halogens is 1. The van der Waals surface area contributed by atoms with Crippen LogP contribution in [-0.2, 0) is 9.53 Å². The number of methoxy groups -OCH3 is 1. The first-order valence-corrected chi connectivity index (χ1v) is 11.1. The molecule has 0 spiro atoms. The van der Waals surface area contributed by atoms with E-state index in [1.54, 1.807) is 0 Å². The van der Waals surface area contributed by atoms with Gasteiger partial charge in [0.2, 0.25) is 0 Å². The number of nitrogens with one attached hydrogen (secondary N) is 2. The van der Waals surface area contributed by atoms with Gasteiger partial charge in [0.05, 0.1) is 7.11 Å². The minimum Gasteiger partial charge on any atom is -0.469 e. The number of carbonyl (C=O) groups excluding carboxylic acids is 2. The predicted molar refractivity (Wildman–Crippen MR) is 125 cm³/mol. The number of esters is 1. The molecule has 0 aromatic heterocycles. The number of amides is 2. The summed E-state index contributed by atoms with van der Waals surface area (Å²) in [4.78, 5) is 23.5. The summed E-state index contributed by atoms with van der Waals surface area (Å²) in [6.07, 6.45) is 5.78. The molecule has 3 rings (SSSR count). The van der Waals surface area contributed by atoms with E-state index in [4.69, 9.17) is 0 Å². The van der Waals surface area contributed by atoms with Crippen LogP contribution in [-0.4, -0.2) is 31.8 Å². The molecular formula is C26H31FN2O3. The lowest BCUT2D eigenvalue weighted by Gasteiger charge is -2.20. The fourth-order valence-corrected chi connectivity index (χ4v) is 4.14. The normalized spacial score (nSPS) is 20.2. The Hall–Kier alpha value is -3.15. The van der Waals surface area contributed by atoms with E-state index < -0.39 is 6.17 Å². The molecule has 5 nitrogen and oxygen atoms in total. The quantitative estimate of drug-likeness (QED) is 0.388. The third-order valence-corrected chi connectivity index (χ3v) is 5.98. The van der Waals surface area contributed by atoms with Crippen molar-refractivity contribution in [3.8, 4) is 11.1 Å². The smallest absolute Gasteiger partial charge is 0.319 e. The van der Waals surface area contributed by atoms with Gasteiger partial charge in [-0.2, -0.15) is 0 Å². The molecule has 1 saturated carbocycles. The molecule has 0 radical (unpaired) electrons. The van der Waals surface area contributed by atoms with Gasteiger partial charge >= 0.3 is 12.0 Å². The highest BCUT2D eigenvalue weighted by molar-refractivity contribution is 5.89. The molecule has 2 aromatic carbocycles. The Kier molecular flexibility index (Phi) is 8.84. The molecule has 2 amide bonds. The summed E-state index contributed by atoms with van der Waals surface area (Å²) in [5.41, 5.74) is 2.91. The summed E-state index contributed by atoms with van der Waals surface area (Å²) in [7, 11) is 1.37. The number of benzene rings is 2. The van der Waals surface area contributed by atoms with Crippen molar-refractivity contribution in [3.63, 3.8) is 0 Å². The van der Waals surface area contributed by atoms with E-state index in [2.05, 4.69) is 15.4 Å². The SMILES string of the molecule is COC(=O)CC/C=C\C[C@@H]1[C@@H](CNC(=O)Nc2ccc(-c3ccccc3)cc2)CC[C@H]1F. The van der Waals surface area contributed by atoms with Crippen molar-refractivity contribution < 1.29 is 18.7 Å². The molecule has 170 valence electrons. The Morgan fingerprint density at radius 3 is 2.47 bits per heavy atom. The van der Waals surface area contributed by atoms with E-state index in [1.807, 2.05) is 66.7 Å². The summed E-state index contributed by atoms with van der Waals surface area (Å²) in [5.74, 6) is -0.266.